The normalized spacial score (nSPS) is 17.9. The number of halogens is 1. The lowest BCUT2D eigenvalue weighted by molar-refractivity contribution is 0.0933. The van der Waals surface area contributed by atoms with Crippen LogP contribution in [-0.2, 0) is 16.6 Å². The van der Waals surface area contributed by atoms with Gasteiger partial charge in [-0.25, -0.2) is 12.8 Å². The number of benzene rings is 2. The maximum Gasteiger partial charge on any atom is 0.211 e. The van der Waals surface area contributed by atoms with Gasteiger partial charge in [0.05, 0.1) is 18.9 Å². The van der Waals surface area contributed by atoms with E-state index in [1.54, 1.807) is 6.07 Å². The van der Waals surface area contributed by atoms with Crippen molar-refractivity contribution in [2.75, 3.05) is 12.8 Å². The van der Waals surface area contributed by atoms with Crippen molar-refractivity contribution in [2.24, 2.45) is 0 Å². The number of aromatic nitrogens is 1. The van der Waals surface area contributed by atoms with E-state index in [0.29, 0.717) is 0 Å². The van der Waals surface area contributed by atoms with E-state index in [1.165, 1.54) is 22.7 Å². The van der Waals surface area contributed by atoms with Gasteiger partial charge in [0, 0.05) is 33.9 Å². The molecule has 1 saturated carbocycles. The van der Waals surface area contributed by atoms with Crippen molar-refractivity contribution in [3.05, 3.63) is 47.8 Å². The van der Waals surface area contributed by atoms with Gasteiger partial charge in [-0.05, 0) is 57.0 Å². The van der Waals surface area contributed by atoms with Crippen molar-refractivity contribution in [2.45, 2.75) is 57.7 Å². The van der Waals surface area contributed by atoms with E-state index in [1.807, 2.05) is 36.6 Å². The Bertz CT molecular complexity index is 1140. The lowest BCUT2D eigenvalue weighted by atomic mass is 10.0. The van der Waals surface area contributed by atoms with Crippen LogP contribution in [0, 0.1) is 12.7 Å². The zero-order valence-electron chi connectivity index (χ0n) is 17.7. The van der Waals surface area contributed by atoms with Crippen molar-refractivity contribution in [3.8, 4) is 0 Å². The van der Waals surface area contributed by atoms with Gasteiger partial charge in [0.1, 0.15) is 5.82 Å². The van der Waals surface area contributed by atoms with Crippen LogP contribution in [0.2, 0.25) is 0 Å². The highest BCUT2D eigenvalue weighted by molar-refractivity contribution is 7.88. The second-order valence-electron chi connectivity index (χ2n) is 8.94. The molecule has 0 saturated heterocycles. The van der Waals surface area contributed by atoms with E-state index in [9.17, 15) is 17.9 Å². The smallest absolute Gasteiger partial charge is 0.211 e. The molecular weight excluding hydrogens is 403 g/mol. The molecule has 162 valence electrons. The molecule has 0 radical (unpaired) electrons. The number of sulfonamides is 1. The quantitative estimate of drug-likeness (QED) is 0.635. The molecule has 1 aliphatic carbocycles. The number of nitrogens with zero attached hydrogens (tertiary/aromatic N) is 2. The number of aryl methyl sites for hydroxylation is 1. The minimum Gasteiger partial charge on any atom is -0.390 e. The molecule has 0 spiro atoms. The molecule has 1 unspecified atom stereocenters. The predicted octanol–water partition coefficient (Wildman–Crippen LogP) is 4.20. The summed E-state index contributed by atoms with van der Waals surface area (Å²) in [6.45, 7) is 4.24. The average molecular weight is 433 g/mol. The van der Waals surface area contributed by atoms with Crippen LogP contribution >= 0.6 is 0 Å². The molecule has 1 aliphatic rings. The number of aliphatic hydroxyl groups is 1. The molecule has 1 atom stereocenters. The second kappa shape index (κ2) is 7.62. The van der Waals surface area contributed by atoms with Crippen LogP contribution < -0.4 is 0 Å². The van der Waals surface area contributed by atoms with Gasteiger partial charge in [-0.1, -0.05) is 24.5 Å². The predicted molar refractivity (Wildman–Crippen MR) is 119 cm³/mol. The van der Waals surface area contributed by atoms with Gasteiger partial charge in [-0.2, -0.15) is 4.31 Å². The number of hydrogen-bond acceptors (Lipinski definition) is 3. The summed E-state index contributed by atoms with van der Waals surface area (Å²) < 4.78 is 42.4. The first kappa shape index (κ1) is 21.3. The minimum absolute atomic E-state index is 0.0452. The molecule has 7 heteroatoms. The fourth-order valence-corrected chi connectivity index (χ4v) is 6.41. The van der Waals surface area contributed by atoms with Gasteiger partial charge >= 0.3 is 0 Å². The summed E-state index contributed by atoms with van der Waals surface area (Å²) in [6.07, 6.45) is 3.94. The van der Waals surface area contributed by atoms with E-state index < -0.39 is 21.7 Å². The van der Waals surface area contributed by atoms with Crippen LogP contribution in [0.4, 0.5) is 4.39 Å². The lowest BCUT2D eigenvalue weighted by Crippen LogP contribution is -2.51. The summed E-state index contributed by atoms with van der Waals surface area (Å²) in [7, 11) is -3.46. The maximum absolute atomic E-state index is 13.9. The molecular formula is C23H29FN2O3S. The molecule has 2 aromatic carbocycles. The first-order valence-electron chi connectivity index (χ1n) is 10.4. The van der Waals surface area contributed by atoms with Gasteiger partial charge in [0.15, 0.2) is 0 Å². The Hall–Kier alpha value is -1.96. The average Bonchev–Trinajstić information content (AvgIpc) is 3.22. The Kier molecular flexibility index (Phi) is 5.41. The van der Waals surface area contributed by atoms with Gasteiger partial charge in [0.2, 0.25) is 10.0 Å². The Balaban J connectivity index is 1.71. The van der Waals surface area contributed by atoms with Crippen LogP contribution in [0.5, 0.6) is 0 Å². The van der Waals surface area contributed by atoms with E-state index in [2.05, 4.69) is 0 Å². The molecule has 4 rings (SSSR count). The van der Waals surface area contributed by atoms with Gasteiger partial charge < -0.3 is 9.67 Å². The molecule has 0 bridgehead atoms. The highest BCUT2D eigenvalue weighted by Gasteiger charge is 2.41. The van der Waals surface area contributed by atoms with E-state index in [0.717, 1.165) is 53.1 Å². The van der Waals surface area contributed by atoms with Crippen LogP contribution in [-0.4, -0.2) is 46.8 Å². The number of rotatable bonds is 6. The standard InChI is InChI=1S/C23H29FN2O3S/c1-16-6-8-21-19(12-16)20-13-17(24)7-9-22(20)25(21)14-18(27)15-26(30(3,28)29)23(2)10-4-5-11-23/h6-9,12-13,18,27H,4-5,10-11,14-15H2,1-3H3. The molecule has 30 heavy (non-hydrogen) atoms. The minimum atomic E-state index is -3.46. The summed E-state index contributed by atoms with van der Waals surface area (Å²) in [5, 5.41) is 12.7. The molecule has 1 N–H and O–H groups in total. The Morgan fingerprint density at radius 2 is 1.73 bits per heavy atom. The molecule has 5 nitrogen and oxygen atoms in total. The molecule has 3 aromatic rings. The van der Waals surface area contributed by atoms with E-state index in [4.69, 9.17) is 0 Å². The second-order valence-corrected chi connectivity index (χ2v) is 10.9. The summed E-state index contributed by atoms with van der Waals surface area (Å²) >= 11 is 0. The third-order valence-corrected chi connectivity index (χ3v) is 7.83. The number of β-amino-alcohol motifs (C(OH)–C–C–N with tert-alkyl or cyclic N) is 1. The van der Waals surface area contributed by atoms with Crippen LogP contribution in [0.25, 0.3) is 21.8 Å². The SMILES string of the molecule is Cc1ccc2c(c1)c1cc(F)ccc1n2CC(O)CN(C1(C)CCCC1)S(C)(=O)=O. The topological polar surface area (TPSA) is 62.5 Å². The molecule has 1 aromatic heterocycles. The van der Waals surface area contributed by atoms with Crippen LogP contribution in [0.15, 0.2) is 36.4 Å². The summed E-state index contributed by atoms with van der Waals surface area (Å²) in [5.74, 6) is -0.305. The fourth-order valence-electron chi connectivity index (χ4n) is 4.99. The van der Waals surface area contributed by atoms with Gasteiger partial charge in [0.25, 0.3) is 0 Å². The monoisotopic (exact) mass is 432 g/mol. The van der Waals surface area contributed by atoms with Crippen molar-refractivity contribution in [1.82, 2.24) is 8.87 Å². The number of aliphatic hydroxyl groups excluding tert-OH is 1. The fraction of sp³-hybridized carbons (Fsp3) is 0.478. The number of hydrogen-bond donors (Lipinski definition) is 1. The van der Waals surface area contributed by atoms with Crippen LogP contribution in [0.1, 0.15) is 38.2 Å². The largest absolute Gasteiger partial charge is 0.390 e. The van der Waals surface area contributed by atoms with E-state index in [-0.39, 0.29) is 18.9 Å². The van der Waals surface area contributed by atoms with Crippen LogP contribution in [0.3, 0.4) is 0 Å². The third-order valence-electron chi connectivity index (χ3n) is 6.44. The highest BCUT2D eigenvalue weighted by Crippen LogP contribution is 2.37. The Labute approximate surface area is 177 Å². The van der Waals surface area contributed by atoms with Crippen molar-refractivity contribution >= 4 is 31.8 Å². The summed E-state index contributed by atoms with van der Waals surface area (Å²) in [5.41, 5.74) is 2.35. The third kappa shape index (κ3) is 3.86. The molecule has 0 amide bonds. The first-order chi connectivity index (χ1) is 14.1. The maximum atomic E-state index is 13.9. The summed E-state index contributed by atoms with van der Waals surface area (Å²) in [6, 6.07) is 10.6. The van der Waals surface area contributed by atoms with E-state index >= 15 is 0 Å². The molecule has 1 heterocycles. The lowest BCUT2D eigenvalue weighted by Gasteiger charge is -2.37. The zero-order chi connectivity index (χ0) is 21.7. The molecule has 0 aliphatic heterocycles. The Morgan fingerprint density at radius 1 is 1.13 bits per heavy atom. The first-order valence-corrected chi connectivity index (χ1v) is 12.3. The Morgan fingerprint density at radius 3 is 2.37 bits per heavy atom. The van der Waals surface area contributed by atoms with Crippen molar-refractivity contribution in [1.29, 1.82) is 0 Å². The molecule has 1 fully saturated rings. The highest BCUT2D eigenvalue weighted by atomic mass is 32.2. The van der Waals surface area contributed by atoms with Crippen molar-refractivity contribution in [3.63, 3.8) is 0 Å². The summed E-state index contributed by atoms with van der Waals surface area (Å²) in [4.78, 5) is 0. The zero-order valence-corrected chi connectivity index (χ0v) is 18.5. The number of fused-ring (bicyclic) bond motifs is 3. The van der Waals surface area contributed by atoms with Gasteiger partial charge in [-0.3, -0.25) is 0 Å². The van der Waals surface area contributed by atoms with Crippen molar-refractivity contribution < 1.29 is 17.9 Å². The van der Waals surface area contributed by atoms with Gasteiger partial charge in [-0.15, -0.1) is 0 Å².